The van der Waals surface area contributed by atoms with Gasteiger partial charge in [-0.25, -0.2) is 0 Å². The average molecular weight is 234 g/mol. The summed E-state index contributed by atoms with van der Waals surface area (Å²) < 4.78 is 1.81. The molecule has 0 amide bonds. The van der Waals surface area contributed by atoms with E-state index in [-0.39, 0.29) is 5.92 Å². The van der Waals surface area contributed by atoms with E-state index >= 15 is 0 Å². The van der Waals surface area contributed by atoms with Gasteiger partial charge in [-0.3, -0.25) is 9.48 Å². The van der Waals surface area contributed by atoms with E-state index in [1.165, 1.54) is 0 Å². The Bertz CT molecular complexity index is 395. The van der Waals surface area contributed by atoms with Gasteiger partial charge < -0.3 is 0 Å². The largest absolute Gasteiger partial charge is 0.299 e. The third-order valence-corrected chi connectivity index (χ3v) is 3.97. The number of rotatable bonds is 3. The zero-order valence-electron chi connectivity index (χ0n) is 11.0. The molecule has 0 spiro atoms. The van der Waals surface area contributed by atoms with Crippen LogP contribution in [0, 0.1) is 17.8 Å². The highest BCUT2D eigenvalue weighted by atomic mass is 16.1. The summed E-state index contributed by atoms with van der Waals surface area (Å²) in [6, 6.07) is 2.02. The molecule has 0 aromatic carbocycles. The summed E-state index contributed by atoms with van der Waals surface area (Å²) in [7, 11) is 1.92. The van der Waals surface area contributed by atoms with E-state index in [1.54, 1.807) is 0 Å². The molecule has 3 nitrogen and oxygen atoms in total. The van der Waals surface area contributed by atoms with Gasteiger partial charge in [0.05, 0.1) is 5.69 Å². The third kappa shape index (κ3) is 2.96. The maximum absolute atomic E-state index is 11.9. The van der Waals surface area contributed by atoms with E-state index < -0.39 is 0 Å². The predicted octanol–water partition coefficient (Wildman–Crippen LogP) is 2.60. The van der Waals surface area contributed by atoms with Crippen LogP contribution in [-0.2, 0) is 18.3 Å². The van der Waals surface area contributed by atoms with Gasteiger partial charge in [0.2, 0.25) is 0 Å². The van der Waals surface area contributed by atoms with Crippen LogP contribution in [0.15, 0.2) is 12.3 Å². The number of hydrogen-bond donors (Lipinski definition) is 0. The lowest BCUT2D eigenvalue weighted by Gasteiger charge is -2.30. The smallest absolute Gasteiger partial charge is 0.136 e. The highest BCUT2D eigenvalue weighted by Gasteiger charge is 2.30. The van der Waals surface area contributed by atoms with Crippen LogP contribution in [-0.4, -0.2) is 15.6 Å². The van der Waals surface area contributed by atoms with Gasteiger partial charge in [0.15, 0.2) is 0 Å². The van der Waals surface area contributed by atoms with Crippen molar-refractivity contribution >= 4 is 5.78 Å². The van der Waals surface area contributed by atoms with E-state index in [0.717, 1.165) is 31.4 Å². The van der Waals surface area contributed by atoms with E-state index in [1.807, 2.05) is 24.0 Å². The lowest BCUT2D eigenvalue weighted by atomic mass is 9.74. The average Bonchev–Trinajstić information content (AvgIpc) is 2.67. The van der Waals surface area contributed by atoms with Gasteiger partial charge in [-0.05, 0) is 30.7 Å². The molecule has 0 saturated heterocycles. The molecule has 94 valence electrons. The summed E-state index contributed by atoms with van der Waals surface area (Å²) in [5.74, 6) is 2.04. The topological polar surface area (TPSA) is 34.9 Å². The summed E-state index contributed by atoms with van der Waals surface area (Å²) >= 11 is 0. The molecule has 1 aliphatic rings. The van der Waals surface area contributed by atoms with Crippen LogP contribution < -0.4 is 0 Å². The van der Waals surface area contributed by atoms with Gasteiger partial charge in [0.25, 0.3) is 0 Å². The second kappa shape index (κ2) is 5.03. The molecule has 2 atom stereocenters. The van der Waals surface area contributed by atoms with Crippen molar-refractivity contribution in [3.63, 3.8) is 0 Å². The minimum Gasteiger partial charge on any atom is -0.299 e. The van der Waals surface area contributed by atoms with Gasteiger partial charge >= 0.3 is 0 Å². The monoisotopic (exact) mass is 234 g/mol. The highest BCUT2D eigenvalue weighted by molar-refractivity contribution is 5.82. The Labute approximate surface area is 103 Å². The molecule has 2 rings (SSSR count). The number of aryl methyl sites for hydroxylation is 1. The Kier molecular flexibility index (Phi) is 3.65. The van der Waals surface area contributed by atoms with Crippen LogP contribution in [0.2, 0.25) is 0 Å². The fourth-order valence-corrected chi connectivity index (χ4v) is 2.77. The zero-order chi connectivity index (χ0) is 12.4. The highest BCUT2D eigenvalue weighted by Crippen LogP contribution is 2.33. The number of ketones is 1. The Morgan fingerprint density at radius 2 is 2.29 bits per heavy atom. The lowest BCUT2D eigenvalue weighted by Crippen LogP contribution is -2.29. The summed E-state index contributed by atoms with van der Waals surface area (Å²) in [6.45, 7) is 4.52. The van der Waals surface area contributed by atoms with E-state index in [2.05, 4.69) is 18.9 Å². The summed E-state index contributed by atoms with van der Waals surface area (Å²) in [5.41, 5.74) is 1.05. The molecule has 3 heteroatoms. The van der Waals surface area contributed by atoms with Gasteiger partial charge in [-0.1, -0.05) is 13.8 Å². The predicted molar refractivity (Wildman–Crippen MR) is 67.6 cm³/mol. The molecule has 0 bridgehead atoms. The van der Waals surface area contributed by atoms with Gasteiger partial charge in [-0.15, -0.1) is 0 Å². The van der Waals surface area contributed by atoms with E-state index in [9.17, 15) is 4.79 Å². The van der Waals surface area contributed by atoms with Crippen molar-refractivity contribution in [1.29, 1.82) is 0 Å². The molecule has 1 heterocycles. The number of carbonyl (C=O) groups is 1. The van der Waals surface area contributed by atoms with Crippen LogP contribution in [0.4, 0.5) is 0 Å². The fourth-order valence-electron chi connectivity index (χ4n) is 2.77. The Morgan fingerprint density at radius 3 is 2.88 bits per heavy atom. The number of aromatic nitrogens is 2. The molecule has 1 aromatic heterocycles. The third-order valence-electron chi connectivity index (χ3n) is 3.97. The van der Waals surface area contributed by atoms with E-state index in [0.29, 0.717) is 17.6 Å². The van der Waals surface area contributed by atoms with Crippen molar-refractivity contribution in [3.8, 4) is 0 Å². The zero-order valence-corrected chi connectivity index (χ0v) is 11.0. The second-order valence-corrected chi connectivity index (χ2v) is 5.63. The van der Waals surface area contributed by atoms with Gasteiger partial charge in [0.1, 0.15) is 5.78 Å². The first-order chi connectivity index (χ1) is 8.06. The number of nitrogens with zero attached hydrogens (tertiary/aromatic N) is 2. The molecule has 1 aromatic rings. The number of carbonyl (C=O) groups excluding carboxylic acids is 1. The molecule has 0 aliphatic heterocycles. The molecule has 1 fully saturated rings. The molecule has 0 N–H and O–H groups in total. The number of Topliss-reactive ketones (excluding diaryl/α,β-unsaturated/α-hetero) is 1. The van der Waals surface area contributed by atoms with Crippen LogP contribution in [0.1, 0.15) is 38.8 Å². The minimum atomic E-state index is 0.200. The van der Waals surface area contributed by atoms with Crippen LogP contribution in [0.25, 0.3) is 0 Å². The summed E-state index contributed by atoms with van der Waals surface area (Å²) in [6.07, 6.45) is 5.66. The minimum absolute atomic E-state index is 0.200. The Balaban J connectivity index is 2.00. The van der Waals surface area contributed by atoms with Crippen molar-refractivity contribution in [2.75, 3.05) is 0 Å². The Morgan fingerprint density at radius 1 is 1.53 bits per heavy atom. The molecular weight excluding hydrogens is 212 g/mol. The van der Waals surface area contributed by atoms with Crippen LogP contribution in [0.5, 0.6) is 0 Å². The van der Waals surface area contributed by atoms with Gasteiger partial charge in [0, 0.05) is 32.0 Å². The first-order valence-corrected chi connectivity index (χ1v) is 6.57. The molecular formula is C14H22N2O. The fraction of sp³-hybridized carbons (Fsp3) is 0.714. The lowest BCUT2D eigenvalue weighted by molar-refractivity contribution is -0.125. The maximum atomic E-state index is 11.9. The SMILES string of the molecule is CC(C)C1CCC(=O)C(Cc2ccn(C)n2)C1. The number of hydrogen-bond acceptors (Lipinski definition) is 2. The molecule has 17 heavy (non-hydrogen) atoms. The Hall–Kier alpha value is -1.12. The molecule has 1 aliphatic carbocycles. The van der Waals surface area contributed by atoms with Crippen molar-refractivity contribution < 1.29 is 4.79 Å². The van der Waals surface area contributed by atoms with Crippen molar-refractivity contribution in [1.82, 2.24) is 9.78 Å². The molecule has 1 saturated carbocycles. The first-order valence-electron chi connectivity index (χ1n) is 6.57. The van der Waals surface area contributed by atoms with Crippen molar-refractivity contribution in [3.05, 3.63) is 18.0 Å². The van der Waals surface area contributed by atoms with Crippen molar-refractivity contribution in [2.24, 2.45) is 24.8 Å². The molecule has 0 radical (unpaired) electrons. The molecule has 2 unspecified atom stereocenters. The summed E-state index contributed by atoms with van der Waals surface area (Å²) in [4.78, 5) is 11.9. The normalized spacial score (nSPS) is 25.5. The van der Waals surface area contributed by atoms with Crippen molar-refractivity contribution in [2.45, 2.75) is 39.5 Å². The first kappa shape index (κ1) is 12.3. The van der Waals surface area contributed by atoms with Gasteiger partial charge in [-0.2, -0.15) is 5.10 Å². The quantitative estimate of drug-likeness (QED) is 0.805. The van der Waals surface area contributed by atoms with E-state index in [4.69, 9.17) is 0 Å². The standard InChI is InChI=1S/C14H22N2O/c1-10(2)11-4-5-14(17)12(8-11)9-13-6-7-16(3)15-13/h6-7,10-12H,4-5,8-9H2,1-3H3. The maximum Gasteiger partial charge on any atom is 0.136 e. The van der Waals surface area contributed by atoms with Crippen LogP contribution >= 0.6 is 0 Å². The summed E-state index contributed by atoms with van der Waals surface area (Å²) in [5, 5.41) is 4.37. The second-order valence-electron chi connectivity index (χ2n) is 5.63. The van der Waals surface area contributed by atoms with Crippen LogP contribution in [0.3, 0.4) is 0 Å².